The molecule has 6 unspecified atom stereocenters. The Balaban J connectivity index is 1.39. The minimum absolute atomic E-state index is 0.0117. The molecule has 0 saturated carbocycles. The van der Waals surface area contributed by atoms with Crippen LogP contribution in [-0.4, -0.2) is 131 Å². The number of nitrogens with two attached hydrogens (primary N) is 2. The lowest BCUT2D eigenvalue weighted by atomic mass is 9.99. The van der Waals surface area contributed by atoms with Crippen molar-refractivity contribution in [1.29, 1.82) is 0 Å². The summed E-state index contributed by atoms with van der Waals surface area (Å²) in [5, 5.41) is 21.4. The summed E-state index contributed by atoms with van der Waals surface area (Å²) in [5.74, 6) is -1.61. The van der Waals surface area contributed by atoms with Crippen LogP contribution in [0.25, 0.3) is 0 Å². The molecule has 2 aliphatic heterocycles. The number of rotatable bonds is 27. The number of nitrogens with one attached hydrogen (secondary N) is 3. The summed E-state index contributed by atoms with van der Waals surface area (Å²) in [6, 6.07) is 15.6. The van der Waals surface area contributed by atoms with E-state index in [1.807, 2.05) is 60.7 Å². The van der Waals surface area contributed by atoms with Crippen LogP contribution >= 0.6 is 0 Å². The van der Waals surface area contributed by atoms with Crippen LogP contribution in [0.15, 0.2) is 65.8 Å². The molecule has 3 amide bonds. The summed E-state index contributed by atoms with van der Waals surface area (Å²) in [7, 11) is 0. The Morgan fingerprint density at radius 1 is 0.952 bits per heavy atom. The van der Waals surface area contributed by atoms with Gasteiger partial charge in [0.2, 0.25) is 17.7 Å². The highest BCUT2D eigenvalue weighted by molar-refractivity contribution is 5.92. The van der Waals surface area contributed by atoms with E-state index >= 15 is 0 Å². The summed E-state index contributed by atoms with van der Waals surface area (Å²) in [6.45, 7) is 6.23. The van der Waals surface area contributed by atoms with Gasteiger partial charge >= 0.3 is 0 Å². The fraction of sp³-hybridized carbons (Fsp3) is 0.591. The second kappa shape index (κ2) is 26.2. The lowest BCUT2D eigenvalue weighted by Crippen LogP contribution is -2.57. The lowest BCUT2D eigenvalue weighted by molar-refractivity contribution is -0.485. The first-order chi connectivity index (χ1) is 29.9. The fourth-order valence-corrected chi connectivity index (χ4v) is 8.04. The molecule has 0 spiro atoms. The molecule has 2 aliphatic rings. The maximum atomic E-state index is 14.2. The van der Waals surface area contributed by atoms with E-state index in [4.69, 9.17) is 16.2 Å². The third-order valence-corrected chi connectivity index (χ3v) is 11.5. The van der Waals surface area contributed by atoms with E-state index in [2.05, 4.69) is 37.8 Å². The molecular weight excluding hydrogens is 797 g/mol. The normalized spacial score (nSPS) is 18.9. The van der Waals surface area contributed by atoms with E-state index in [0.717, 1.165) is 43.2 Å². The van der Waals surface area contributed by atoms with E-state index < -0.39 is 41.2 Å². The van der Waals surface area contributed by atoms with Gasteiger partial charge in [-0.05, 0) is 69.5 Å². The summed E-state index contributed by atoms with van der Waals surface area (Å²) < 4.78 is 5.90. The van der Waals surface area contributed by atoms with Crippen molar-refractivity contribution < 1.29 is 33.7 Å². The Hall–Kier alpha value is -5.30. The predicted octanol–water partition coefficient (Wildman–Crippen LogP) is 2.07. The van der Waals surface area contributed by atoms with Crippen LogP contribution in [0.4, 0.5) is 0 Å². The molecule has 2 heterocycles. The van der Waals surface area contributed by atoms with Gasteiger partial charge in [0.25, 0.3) is 5.96 Å². The van der Waals surface area contributed by atoms with Crippen molar-refractivity contribution in [1.82, 2.24) is 30.7 Å². The zero-order chi connectivity index (χ0) is 44.9. The number of hydrogen-bond donors (Lipinski definition) is 5. The van der Waals surface area contributed by atoms with Gasteiger partial charge in [-0.25, -0.2) is 10.1 Å². The number of ketones is 1. The number of guanidine groups is 1. The minimum atomic E-state index is -1.02. The average molecular weight is 863 g/mol. The third kappa shape index (κ3) is 16.2. The molecule has 18 nitrogen and oxygen atoms in total. The molecule has 2 fully saturated rings. The molecule has 0 radical (unpaired) electrons. The molecule has 2 aromatic rings. The molecule has 18 heteroatoms. The Morgan fingerprint density at radius 2 is 1.61 bits per heavy atom. The van der Waals surface area contributed by atoms with Crippen molar-refractivity contribution >= 4 is 35.8 Å². The number of amides is 3. The van der Waals surface area contributed by atoms with Crippen LogP contribution in [0.2, 0.25) is 0 Å². The van der Waals surface area contributed by atoms with Gasteiger partial charge in [-0.15, -0.1) is 0 Å². The van der Waals surface area contributed by atoms with Gasteiger partial charge in [0.15, 0.2) is 10.8 Å². The van der Waals surface area contributed by atoms with Gasteiger partial charge in [0, 0.05) is 32.1 Å². The fourth-order valence-electron chi connectivity index (χ4n) is 8.04. The molecule has 2 saturated heterocycles. The number of hydrogen-bond acceptors (Lipinski definition) is 11. The molecule has 340 valence electrons. The number of nitrogens with zero attached hydrogens (tertiary/aromatic N) is 5. The number of carbonyl (C=O) groups is 5. The van der Waals surface area contributed by atoms with Crippen LogP contribution in [0, 0.1) is 10.1 Å². The van der Waals surface area contributed by atoms with Crippen molar-refractivity contribution in [3.63, 3.8) is 0 Å². The molecule has 0 bridgehead atoms. The number of carbonyl (C=O) groups excluding carboxylic acids is 5. The standard InChI is InChI=1S/C44H66N10O8/c1-3-4-7-20-37(49-42(58)40(45)32(2)62-30-34-17-10-6-11-18-34)43(59)53(26-27-55)31-52-25-13-19-35(52)29-51-24-14-22-38(51)41(57)48-36(21-12-23-47-44(46)50-54(60)61)39(56)28-33-15-8-5-9-16-33/h5-6,8-11,15-18,27,32,35-38,40H,3-4,7,12-14,19-26,28-31,45H2,1-2H3,(H,48,57)(H,49,58)(H3,46,47,50). The van der Waals surface area contributed by atoms with Crippen LogP contribution in [-0.2, 0) is 41.7 Å². The Morgan fingerprint density at radius 3 is 2.29 bits per heavy atom. The summed E-state index contributed by atoms with van der Waals surface area (Å²) >= 11 is 0. The Bertz CT molecular complexity index is 1770. The first-order valence-electron chi connectivity index (χ1n) is 21.9. The zero-order valence-corrected chi connectivity index (χ0v) is 36.2. The van der Waals surface area contributed by atoms with E-state index in [1.54, 1.807) is 6.92 Å². The van der Waals surface area contributed by atoms with Gasteiger partial charge in [0.1, 0.15) is 23.5 Å². The number of Topliss-reactive ketones (excluding diaryl/α,β-unsaturated/α-hetero) is 1. The molecule has 4 rings (SSSR count). The molecule has 62 heavy (non-hydrogen) atoms. The number of aldehydes is 1. The van der Waals surface area contributed by atoms with Crippen molar-refractivity contribution in [2.75, 3.05) is 39.4 Å². The number of likely N-dealkylation sites (tertiary alicyclic amines) is 2. The van der Waals surface area contributed by atoms with Crippen molar-refractivity contribution in [2.45, 2.75) is 127 Å². The second-order valence-electron chi connectivity index (χ2n) is 16.2. The molecule has 7 N–H and O–H groups in total. The van der Waals surface area contributed by atoms with E-state index in [1.165, 1.54) is 4.90 Å². The quantitative estimate of drug-likeness (QED) is 0.0216. The Kier molecular flexibility index (Phi) is 20.9. The molecule has 0 aromatic heterocycles. The highest BCUT2D eigenvalue weighted by atomic mass is 16.7. The largest absolute Gasteiger partial charge is 0.372 e. The first-order valence-corrected chi connectivity index (χ1v) is 21.9. The van der Waals surface area contributed by atoms with Crippen molar-refractivity contribution in [2.24, 2.45) is 16.6 Å². The van der Waals surface area contributed by atoms with E-state index in [9.17, 15) is 34.1 Å². The monoisotopic (exact) mass is 863 g/mol. The Labute approximate surface area is 364 Å². The van der Waals surface area contributed by atoms with Crippen LogP contribution in [0.1, 0.15) is 89.2 Å². The molecule has 2 aromatic carbocycles. The number of benzene rings is 2. The summed E-state index contributed by atoms with van der Waals surface area (Å²) in [5.41, 5.74) is 13.7. The van der Waals surface area contributed by atoms with Crippen LogP contribution in [0.3, 0.4) is 0 Å². The molecular formula is C44H66N10O8. The number of hydrazone groups is 1. The lowest BCUT2D eigenvalue weighted by Gasteiger charge is -2.35. The van der Waals surface area contributed by atoms with Crippen molar-refractivity contribution in [3.8, 4) is 0 Å². The predicted molar refractivity (Wildman–Crippen MR) is 235 cm³/mol. The number of nitro groups is 1. The highest BCUT2D eigenvalue weighted by Crippen LogP contribution is 2.25. The maximum Gasteiger partial charge on any atom is 0.266 e. The van der Waals surface area contributed by atoms with Gasteiger partial charge in [-0.3, -0.25) is 29.0 Å². The summed E-state index contributed by atoms with van der Waals surface area (Å²) in [4.78, 5) is 83.6. The summed E-state index contributed by atoms with van der Waals surface area (Å²) in [6.07, 6.45) is 6.85. The van der Waals surface area contributed by atoms with Gasteiger partial charge in [0.05, 0.1) is 38.0 Å². The van der Waals surface area contributed by atoms with E-state index in [-0.39, 0.29) is 68.8 Å². The third-order valence-electron chi connectivity index (χ3n) is 11.5. The van der Waals surface area contributed by atoms with Crippen LogP contribution < -0.4 is 27.4 Å². The first kappa shape index (κ1) is 49.4. The zero-order valence-electron chi connectivity index (χ0n) is 36.2. The number of ether oxygens (including phenoxy) is 1. The minimum Gasteiger partial charge on any atom is -0.372 e. The maximum absolute atomic E-state index is 14.2. The molecule has 0 aliphatic carbocycles. The van der Waals surface area contributed by atoms with Gasteiger partial charge < -0.3 is 41.8 Å². The molecule has 6 atom stereocenters. The van der Waals surface area contributed by atoms with Gasteiger partial charge in [-0.1, -0.05) is 86.8 Å². The van der Waals surface area contributed by atoms with Gasteiger partial charge in [-0.2, -0.15) is 0 Å². The second-order valence-corrected chi connectivity index (χ2v) is 16.2. The average Bonchev–Trinajstić information content (AvgIpc) is 3.92. The highest BCUT2D eigenvalue weighted by Gasteiger charge is 2.38. The number of unbranched alkanes of at least 4 members (excludes halogenated alkanes) is 2. The van der Waals surface area contributed by atoms with Crippen LogP contribution in [0.5, 0.6) is 0 Å². The smallest absolute Gasteiger partial charge is 0.266 e. The topological polar surface area (TPSA) is 248 Å². The van der Waals surface area contributed by atoms with Crippen molar-refractivity contribution in [3.05, 3.63) is 81.9 Å². The van der Waals surface area contributed by atoms with E-state index in [0.29, 0.717) is 51.6 Å². The SMILES string of the molecule is CCCCCC(NC(=O)C(N)C(C)OCc1ccccc1)C(=O)N(CC=O)CN1CCCC1CN1CCCC1C(=O)NC(CCCNC(N)=N[N+](=O)[O-])C(=O)Cc1ccccc1.